The first-order chi connectivity index (χ1) is 12.7. The minimum atomic E-state index is 0.231. The molecule has 1 aromatic heterocycles. The molecule has 1 atom stereocenters. The zero-order valence-electron chi connectivity index (χ0n) is 16.3. The topological polar surface area (TPSA) is 48.9 Å². The van der Waals surface area contributed by atoms with Gasteiger partial charge in [0.25, 0.3) is 0 Å². The van der Waals surface area contributed by atoms with Crippen molar-refractivity contribution < 1.29 is 4.74 Å². The molecule has 146 valence electrons. The Kier molecular flexibility index (Phi) is 7.34. The molecular weight excluding hydrogens is 344 g/mol. The first-order valence-corrected chi connectivity index (χ1v) is 10.9. The Hall–Kier alpha value is -1.11. The molecule has 2 aliphatic rings. The van der Waals surface area contributed by atoms with Crippen LogP contribution in [0.15, 0.2) is 22.5 Å². The van der Waals surface area contributed by atoms with Crippen molar-refractivity contribution in [2.75, 3.05) is 46.4 Å². The molecule has 0 bridgehead atoms. The summed E-state index contributed by atoms with van der Waals surface area (Å²) in [5.41, 5.74) is 0.231. The average molecular weight is 379 g/mol. The number of nitrogens with zero attached hydrogens (tertiary/aromatic N) is 2. The molecule has 1 aromatic rings. The predicted molar refractivity (Wildman–Crippen MR) is 110 cm³/mol. The van der Waals surface area contributed by atoms with Crippen molar-refractivity contribution in [1.29, 1.82) is 0 Å². The van der Waals surface area contributed by atoms with E-state index in [0.29, 0.717) is 5.92 Å². The van der Waals surface area contributed by atoms with Gasteiger partial charge in [0.05, 0.1) is 0 Å². The molecule has 0 aliphatic carbocycles. The van der Waals surface area contributed by atoms with Gasteiger partial charge in [0.2, 0.25) is 0 Å². The fourth-order valence-corrected chi connectivity index (χ4v) is 5.00. The molecular formula is C20H34N4OS. The number of aliphatic imine (C=N–C) groups is 1. The summed E-state index contributed by atoms with van der Waals surface area (Å²) in [5.74, 6) is 1.51. The quantitative estimate of drug-likeness (QED) is 0.566. The highest BCUT2D eigenvalue weighted by molar-refractivity contribution is 7.09. The maximum atomic E-state index is 5.65. The van der Waals surface area contributed by atoms with Gasteiger partial charge in [-0.25, -0.2) is 0 Å². The van der Waals surface area contributed by atoms with Gasteiger partial charge in [-0.2, -0.15) is 0 Å². The summed E-state index contributed by atoms with van der Waals surface area (Å²) in [6, 6.07) is 4.35. The van der Waals surface area contributed by atoms with Crippen LogP contribution in [0.3, 0.4) is 0 Å². The largest absolute Gasteiger partial charge is 0.381 e. The van der Waals surface area contributed by atoms with Crippen LogP contribution in [0.5, 0.6) is 0 Å². The smallest absolute Gasteiger partial charge is 0.191 e. The Labute approximate surface area is 162 Å². The first-order valence-electron chi connectivity index (χ1n) is 10.0. The lowest BCUT2D eigenvalue weighted by atomic mass is 9.88. The Morgan fingerprint density at radius 3 is 2.73 bits per heavy atom. The summed E-state index contributed by atoms with van der Waals surface area (Å²) in [5, 5.41) is 9.29. The van der Waals surface area contributed by atoms with Crippen molar-refractivity contribution >= 4 is 17.3 Å². The van der Waals surface area contributed by atoms with Crippen molar-refractivity contribution in [2.24, 2.45) is 10.9 Å². The van der Waals surface area contributed by atoms with Crippen molar-refractivity contribution in [3.63, 3.8) is 0 Å². The molecule has 0 amide bonds. The van der Waals surface area contributed by atoms with Crippen LogP contribution in [0.4, 0.5) is 0 Å². The normalized spacial score (nSPS) is 22.3. The molecule has 2 saturated heterocycles. The number of thiophene rings is 1. The Bertz CT molecular complexity index is 548. The lowest BCUT2D eigenvalue weighted by molar-refractivity contribution is -0.0164. The summed E-state index contributed by atoms with van der Waals surface area (Å²) < 4.78 is 5.65. The van der Waals surface area contributed by atoms with E-state index in [9.17, 15) is 0 Å². The molecule has 6 heteroatoms. The predicted octanol–water partition coefficient (Wildman–Crippen LogP) is 2.74. The van der Waals surface area contributed by atoms with Crippen LogP contribution in [-0.2, 0) is 11.2 Å². The molecule has 2 fully saturated rings. The molecule has 0 spiro atoms. The standard InChI is InChI=1S/C20H34N4OS/c1-17(14-18-6-5-13-26-18)15-22-19(21-2)23-16-20(7-11-25-12-8-20)24-9-3-4-10-24/h5-6,13,17H,3-4,7-12,14-16H2,1-2H3,(H2,21,22,23). The van der Waals surface area contributed by atoms with Crippen molar-refractivity contribution in [1.82, 2.24) is 15.5 Å². The Morgan fingerprint density at radius 2 is 2.08 bits per heavy atom. The minimum absolute atomic E-state index is 0.231. The van der Waals surface area contributed by atoms with Crippen LogP contribution in [0.2, 0.25) is 0 Å². The van der Waals surface area contributed by atoms with Crippen LogP contribution in [0.25, 0.3) is 0 Å². The number of likely N-dealkylation sites (tertiary alicyclic amines) is 1. The second kappa shape index (κ2) is 9.72. The summed E-state index contributed by atoms with van der Waals surface area (Å²) in [7, 11) is 1.87. The Morgan fingerprint density at radius 1 is 1.31 bits per heavy atom. The third-order valence-electron chi connectivity index (χ3n) is 5.76. The van der Waals surface area contributed by atoms with Gasteiger partial charge < -0.3 is 15.4 Å². The van der Waals surface area contributed by atoms with E-state index in [2.05, 4.69) is 45.0 Å². The highest BCUT2D eigenvalue weighted by Crippen LogP contribution is 2.30. The maximum absolute atomic E-state index is 5.65. The van der Waals surface area contributed by atoms with Gasteiger partial charge in [-0.1, -0.05) is 13.0 Å². The summed E-state index contributed by atoms with van der Waals surface area (Å²) >= 11 is 1.84. The molecule has 5 nitrogen and oxygen atoms in total. The first kappa shape index (κ1) is 19.6. The zero-order chi connectivity index (χ0) is 18.2. The van der Waals surface area contributed by atoms with E-state index >= 15 is 0 Å². The number of hydrogen-bond donors (Lipinski definition) is 2. The fourth-order valence-electron chi connectivity index (χ4n) is 4.13. The summed E-state index contributed by atoms with van der Waals surface area (Å²) in [6.07, 6.45) is 6.01. The van der Waals surface area contributed by atoms with Gasteiger partial charge in [0.1, 0.15) is 0 Å². The van der Waals surface area contributed by atoms with Crippen LogP contribution in [0.1, 0.15) is 37.5 Å². The lowest BCUT2D eigenvalue weighted by Gasteiger charge is -2.45. The van der Waals surface area contributed by atoms with E-state index in [1.54, 1.807) is 0 Å². The molecule has 2 aliphatic heterocycles. The number of ether oxygens (including phenoxy) is 1. The van der Waals surface area contributed by atoms with E-state index < -0.39 is 0 Å². The van der Waals surface area contributed by atoms with Gasteiger partial charge in [0.15, 0.2) is 5.96 Å². The van der Waals surface area contributed by atoms with Crippen molar-refractivity contribution in [3.05, 3.63) is 22.4 Å². The van der Waals surface area contributed by atoms with Gasteiger partial charge in [0, 0.05) is 43.8 Å². The van der Waals surface area contributed by atoms with Crippen LogP contribution < -0.4 is 10.6 Å². The molecule has 2 N–H and O–H groups in total. The van der Waals surface area contributed by atoms with Crippen LogP contribution in [0, 0.1) is 5.92 Å². The zero-order valence-corrected chi connectivity index (χ0v) is 17.1. The molecule has 3 rings (SSSR count). The molecule has 0 aromatic carbocycles. The van der Waals surface area contributed by atoms with E-state index in [1.807, 2.05) is 18.4 Å². The molecule has 0 radical (unpaired) electrons. The number of hydrogen-bond acceptors (Lipinski definition) is 4. The van der Waals surface area contributed by atoms with Crippen molar-refractivity contribution in [2.45, 2.75) is 44.6 Å². The van der Waals surface area contributed by atoms with Crippen molar-refractivity contribution in [3.8, 4) is 0 Å². The average Bonchev–Trinajstić information content (AvgIpc) is 3.37. The van der Waals surface area contributed by atoms with Gasteiger partial charge >= 0.3 is 0 Å². The van der Waals surface area contributed by atoms with Crippen LogP contribution >= 0.6 is 11.3 Å². The molecule has 0 saturated carbocycles. The summed E-state index contributed by atoms with van der Waals surface area (Å²) in [6.45, 7) is 8.40. The molecule has 1 unspecified atom stereocenters. The summed E-state index contributed by atoms with van der Waals surface area (Å²) in [4.78, 5) is 8.59. The van der Waals surface area contributed by atoms with E-state index in [4.69, 9.17) is 4.74 Å². The molecule has 3 heterocycles. The van der Waals surface area contributed by atoms with Gasteiger partial charge in [-0.15, -0.1) is 11.3 Å². The SMILES string of the molecule is CN=C(NCC(C)Cc1cccs1)NCC1(N2CCCC2)CCOCC1. The maximum Gasteiger partial charge on any atom is 0.191 e. The number of nitrogens with one attached hydrogen (secondary N) is 2. The highest BCUT2D eigenvalue weighted by Gasteiger charge is 2.39. The monoisotopic (exact) mass is 378 g/mol. The van der Waals surface area contributed by atoms with Crippen LogP contribution in [-0.4, -0.2) is 62.8 Å². The minimum Gasteiger partial charge on any atom is -0.381 e. The second-order valence-electron chi connectivity index (χ2n) is 7.73. The highest BCUT2D eigenvalue weighted by atomic mass is 32.1. The third kappa shape index (κ3) is 5.21. The third-order valence-corrected chi connectivity index (χ3v) is 6.66. The second-order valence-corrected chi connectivity index (χ2v) is 8.76. The molecule has 26 heavy (non-hydrogen) atoms. The number of rotatable bonds is 7. The Balaban J connectivity index is 1.48. The van der Waals surface area contributed by atoms with E-state index in [1.165, 1.54) is 30.8 Å². The number of guanidine groups is 1. The van der Waals surface area contributed by atoms with Gasteiger partial charge in [-0.05, 0) is 62.6 Å². The lowest BCUT2D eigenvalue weighted by Crippen LogP contribution is -2.58. The van der Waals surface area contributed by atoms with E-state index in [0.717, 1.165) is 51.5 Å². The fraction of sp³-hybridized carbons (Fsp3) is 0.750. The van der Waals surface area contributed by atoms with Gasteiger partial charge in [-0.3, -0.25) is 9.89 Å². The van der Waals surface area contributed by atoms with E-state index in [-0.39, 0.29) is 5.54 Å².